The van der Waals surface area contributed by atoms with Gasteiger partial charge in [-0.05, 0) is 24.1 Å². The third-order valence-corrected chi connectivity index (χ3v) is 3.29. The molecule has 1 aromatic rings. The fourth-order valence-corrected chi connectivity index (χ4v) is 2.19. The summed E-state index contributed by atoms with van der Waals surface area (Å²) < 4.78 is 4.90. The normalized spacial score (nSPS) is 10.3. The van der Waals surface area contributed by atoms with Gasteiger partial charge in [-0.3, -0.25) is 4.79 Å². The monoisotopic (exact) mass is 269 g/mol. The molecular formula is C13H19NO3S. The molecule has 0 saturated heterocycles. The Bertz CT molecular complexity index is 371. The smallest absolute Gasteiger partial charge is 0.230 e. The second-order valence-electron chi connectivity index (χ2n) is 3.79. The number of methoxy groups -OCH3 is 1. The van der Waals surface area contributed by atoms with Crippen molar-refractivity contribution >= 4 is 17.7 Å². The van der Waals surface area contributed by atoms with Crippen molar-refractivity contribution in [1.82, 2.24) is 5.32 Å². The Morgan fingerprint density at radius 3 is 3.06 bits per heavy atom. The van der Waals surface area contributed by atoms with E-state index in [4.69, 9.17) is 9.84 Å². The summed E-state index contributed by atoms with van der Waals surface area (Å²) in [5, 5.41) is 11.8. The van der Waals surface area contributed by atoms with Gasteiger partial charge >= 0.3 is 0 Å². The van der Waals surface area contributed by atoms with Crippen LogP contribution in [0.25, 0.3) is 0 Å². The van der Waals surface area contributed by atoms with Gasteiger partial charge in [-0.2, -0.15) is 0 Å². The summed E-state index contributed by atoms with van der Waals surface area (Å²) in [7, 11) is 1.64. The summed E-state index contributed by atoms with van der Waals surface area (Å²) in [6.45, 7) is 1.33. The van der Waals surface area contributed by atoms with Crippen molar-refractivity contribution in [2.24, 2.45) is 0 Å². The van der Waals surface area contributed by atoms with E-state index in [1.54, 1.807) is 7.11 Å². The fraction of sp³-hybridized carbons (Fsp3) is 0.462. The van der Waals surface area contributed by atoms with E-state index in [0.717, 1.165) is 16.9 Å². The molecule has 0 bridgehead atoms. The maximum atomic E-state index is 11.5. The van der Waals surface area contributed by atoms with Gasteiger partial charge in [-0.25, -0.2) is 0 Å². The molecule has 0 saturated carbocycles. The van der Waals surface area contributed by atoms with Crippen molar-refractivity contribution in [1.29, 1.82) is 0 Å². The van der Waals surface area contributed by atoms with Crippen molar-refractivity contribution in [2.75, 3.05) is 26.0 Å². The summed E-state index contributed by atoms with van der Waals surface area (Å²) in [5.41, 5.74) is 0.862. The molecule has 1 aromatic carbocycles. The number of carbonyl (C=O) groups is 1. The number of aliphatic hydroxyl groups is 1. The molecule has 0 aliphatic rings. The van der Waals surface area contributed by atoms with E-state index in [9.17, 15) is 4.79 Å². The quantitative estimate of drug-likeness (QED) is 0.553. The van der Waals surface area contributed by atoms with Crippen molar-refractivity contribution in [3.63, 3.8) is 0 Å². The van der Waals surface area contributed by atoms with E-state index >= 15 is 0 Å². The van der Waals surface area contributed by atoms with Crippen LogP contribution in [-0.2, 0) is 16.1 Å². The van der Waals surface area contributed by atoms with Gasteiger partial charge in [-0.15, -0.1) is 11.8 Å². The van der Waals surface area contributed by atoms with Crippen LogP contribution in [-0.4, -0.2) is 37.0 Å². The molecule has 1 amide bonds. The van der Waals surface area contributed by atoms with Gasteiger partial charge < -0.3 is 15.2 Å². The Morgan fingerprint density at radius 1 is 1.50 bits per heavy atom. The van der Waals surface area contributed by atoms with E-state index in [2.05, 4.69) is 5.32 Å². The number of benzene rings is 1. The molecule has 0 radical (unpaired) electrons. The molecule has 1 rings (SSSR count). The molecule has 0 heterocycles. The lowest BCUT2D eigenvalue weighted by molar-refractivity contribution is -0.118. The zero-order valence-corrected chi connectivity index (χ0v) is 11.3. The van der Waals surface area contributed by atoms with Crippen LogP contribution in [0.1, 0.15) is 12.0 Å². The van der Waals surface area contributed by atoms with Crippen LogP contribution in [0.15, 0.2) is 29.2 Å². The molecular weight excluding hydrogens is 250 g/mol. The Hall–Kier alpha value is -1.04. The average molecular weight is 269 g/mol. The number of ether oxygens (including phenoxy) is 1. The van der Waals surface area contributed by atoms with Crippen LogP contribution in [0.2, 0.25) is 0 Å². The number of rotatable bonds is 8. The summed E-state index contributed by atoms with van der Waals surface area (Å²) >= 11 is 1.47. The third-order valence-electron chi connectivity index (χ3n) is 2.30. The maximum Gasteiger partial charge on any atom is 0.230 e. The van der Waals surface area contributed by atoms with Gasteiger partial charge in [0.05, 0.1) is 12.4 Å². The van der Waals surface area contributed by atoms with Crippen LogP contribution < -0.4 is 5.32 Å². The van der Waals surface area contributed by atoms with Crippen LogP contribution >= 0.6 is 11.8 Å². The second-order valence-corrected chi connectivity index (χ2v) is 4.84. The zero-order chi connectivity index (χ0) is 13.2. The first-order valence-electron chi connectivity index (χ1n) is 5.84. The predicted octanol–water partition coefficient (Wildman–Crippen LogP) is 1.42. The highest BCUT2D eigenvalue weighted by Gasteiger charge is 2.02. The highest BCUT2D eigenvalue weighted by atomic mass is 32.2. The van der Waals surface area contributed by atoms with Crippen molar-refractivity contribution < 1.29 is 14.6 Å². The van der Waals surface area contributed by atoms with Crippen molar-refractivity contribution in [3.8, 4) is 0 Å². The third kappa shape index (κ3) is 6.05. The van der Waals surface area contributed by atoms with Crippen LogP contribution in [0, 0.1) is 0 Å². The molecule has 0 unspecified atom stereocenters. The Morgan fingerprint density at radius 2 is 2.33 bits per heavy atom. The Balaban J connectivity index is 2.24. The standard InChI is InChI=1S/C13H19NO3S/c1-17-7-3-6-14-13(16)10-18-12-5-2-4-11(8-12)9-15/h2,4-5,8,15H,3,6-7,9-10H2,1H3,(H,14,16). The minimum atomic E-state index is 0.0190. The number of thioether (sulfide) groups is 1. The molecule has 0 aliphatic carbocycles. The highest BCUT2D eigenvalue weighted by Crippen LogP contribution is 2.18. The lowest BCUT2D eigenvalue weighted by Gasteiger charge is -2.05. The SMILES string of the molecule is COCCCNC(=O)CSc1cccc(CO)c1. The van der Waals surface area contributed by atoms with Crippen molar-refractivity contribution in [2.45, 2.75) is 17.9 Å². The first-order valence-corrected chi connectivity index (χ1v) is 6.83. The number of hydrogen-bond acceptors (Lipinski definition) is 4. The maximum absolute atomic E-state index is 11.5. The number of amides is 1. The van der Waals surface area contributed by atoms with Crippen LogP contribution in [0.5, 0.6) is 0 Å². The van der Waals surface area contributed by atoms with Gasteiger partial charge in [0.2, 0.25) is 5.91 Å². The topological polar surface area (TPSA) is 58.6 Å². The minimum absolute atomic E-state index is 0.0190. The van der Waals surface area contributed by atoms with E-state index in [1.165, 1.54) is 11.8 Å². The van der Waals surface area contributed by atoms with E-state index in [-0.39, 0.29) is 12.5 Å². The summed E-state index contributed by atoms with van der Waals surface area (Å²) in [5.74, 6) is 0.410. The molecule has 18 heavy (non-hydrogen) atoms. The lowest BCUT2D eigenvalue weighted by atomic mass is 10.2. The summed E-state index contributed by atoms with van der Waals surface area (Å²) in [4.78, 5) is 12.5. The number of aliphatic hydroxyl groups excluding tert-OH is 1. The first-order chi connectivity index (χ1) is 8.76. The van der Waals surface area contributed by atoms with Crippen LogP contribution in [0.4, 0.5) is 0 Å². The first kappa shape index (κ1) is 15.0. The van der Waals surface area contributed by atoms with Gasteiger partial charge in [0.25, 0.3) is 0 Å². The summed E-state index contributed by atoms with van der Waals surface area (Å²) in [6.07, 6.45) is 0.826. The number of carbonyl (C=O) groups excluding carboxylic acids is 1. The van der Waals surface area contributed by atoms with Gasteiger partial charge in [0, 0.05) is 25.2 Å². The molecule has 0 fully saturated rings. The molecule has 100 valence electrons. The van der Waals surface area contributed by atoms with Crippen LogP contribution in [0.3, 0.4) is 0 Å². The molecule has 0 aromatic heterocycles. The summed E-state index contributed by atoms with van der Waals surface area (Å²) in [6, 6.07) is 7.56. The van der Waals surface area contributed by atoms with Gasteiger partial charge in [0.15, 0.2) is 0 Å². The minimum Gasteiger partial charge on any atom is -0.392 e. The Labute approximate surface area is 112 Å². The zero-order valence-electron chi connectivity index (χ0n) is 10.5. The molecule has 0 spiro atoms. The second kappa shape index (κ2) is 8.97. The van der Waals surface area contributed by atoms with Crippen molar-refractivity contribution in [3.05, 3.63) is 29.8 Å². The predicted molar refractivity (Wildman–Crippen MR) is 72.6 cm³/mol. The number of nitrogens with one attached hydrogen (secondary N) is 1. The average Bonchev–Trinajstić information content (AvgIpc) is 2.41. The largest absolute Gasteiger partial charge is 0.392 e. The van der Waals surface area contributed by atoms with E-state index < -0.39 is 0 Å². The molecule has 2 N–H and O–H groups in total. The Kier molecular flexibility index (Phi) is 7.48. The van der Waals surface area contributed by atoms with Gasteiger partial charge in [0.1, 0.15) is 0 Å². The molecule has 5 heteroatoms. The fourth-order valence-electron chi connectivity index (χ4n) is 1.38. The molecule has 4 nitrogen and oxygen atoms in total. The molecule has 0 aliphatic heterocycles. The molecule has 0 atom stereocenters. The lowest BCUT2D eigenvalue weighted by Crippen LogP contribution is -2.26. The van der Waals surface area contributed by atoms with E-state index in [0.29, 0.717) is 18.9 Å². The highest BCUT2D eigenvalue weighted by molar-refractivity contribution is 8.00. The van der Waals surface area contributed by atoms with E-state index in [1.807, 2.05) is 24.3 Å². The van der Waals surface area contributed by atoms with Gasteiger partial charge in [-0.1, -0.05) is 12.1 Å². The number of hydrogen-bond donors (Lipinski definition) is 2.